The van der Waals surface area contributed by atoms with Crippen LogP contribution >= 0.6 is 11.8 Å². The Morgan fingerprint density at radius 3 is 2.80 bits per heavy atom. The summed E-state index contributed by atoms with van der Waals surface area (Å²) < 4.78 is 0. The number of rotatable bonds is 3. The van der Waals surface area contributed by atoms with Crippen molar-refractivity contribution in [1.29, 1.82) is 0 Å². The molecule has 0 aliphatic rings. The molecule has 15 heavy (non-hydrogen) atoms. The molecule has 1 aromatic carbocycles. The summed E-state index contributed by atoms with van der Waals surface area (Å²) in [6, 6.07) is 14.6. The Kier molecular flexibility index (Phi) is 3.41. The molecule has 1 nitrogen and oxygen atoms in total. The van der Waals surface area contributed by atoms with E-state index in [1.807, 2.05) is 36.2 Å². The van der Waals surface area contributed by atoms with Crippen LogP contribution in [0.3, 0.4) is 0 Å². The first-order valence-corrected chi connectivity index (χ1v) is 6.29. The molecule has 1 heterocycles. The Bertz CT molecular complexity index is 426. The van der Waals surface area contributed by atoms with Crippen LogP contribution < -0.4 is 0 Å². The molecule has 0 unspecified atom stereocenters. The number of pyridine rings is 1. The highest BCUT2D eigenvalue weighted by molar-refractivity contribution is 7.97. The van der Waals surface area contributed by atoms with Gasteiger partial charge in [-0.2, -0.15) is 11.8 Å². The van der Waals surface area contributed by atoms with Crippen molar-refractivity contribution in [2.75, 3.05) is 6.26 Å². The van der Waals surface area contributed by atoms with Gasteiger partial charge in [-0.1, -0.05) is 24.3 Å². The van der Waals surface area contributed by atoms with Gasteiger partial charge in [-0.3, -0.25) is 4.98 Å². The van der Waals surface area contributed by atoms with Crippen LogP contribution in [0.5, 0.6) is 0 Å². The zero-order chi connectivity index (χ0) is 10.5. The molecule has 1 aromatic heterocycles. The Balaban J connectivity index is 2.33. The molecule has 0 amide bonds. The topological polar surface area (TPSA) is 12.9 Å². The van der Waals surface area contributed by atoms with E-state index < -0.39 is 0 Å². The van der Waals surface area contributed by atoms with Gasteiger partial charge in [0.25, 0.3) is 0 Å². The maximum atomic E-state index is 4.34. The fourth-order valence-corrected chi connectivity index (χ4v) is 2.03. The molecule has 2 heteroatoms. The fourth-order valence-electron chi connectivity index (χ4n) is 1.52. The number of nitrogens with zero attached hydrogens (tertiary/aromatic N) is 1. The second kappa shape index (κ2) is 4.99. The van der Waals surface area contributed by atoms with Gasteiger partial charge in [0, 0.05) is 17.5 Å². The van der Waals surface area contributed by atoms with Crippen molar-refractivity contribution in [1.82, 2.24) is 4.98 Å². The standard InChI is InChI=1S/C13H13NS/c1-15-10-11-5-4-6-12(9-11)13-7-2-3-8-14-13/h2-9H,10H2,1H3. The number of hydrogen-bond donors (Lipinski definition) is 0. The van der Waals surface area contributed by atoms with Crippen LogP contribution in [-0.2, 0) is 5.75 Å². The predicted octanol–water partition coefficient (Wildman–Crippen LogP) is 3.61. The minimum atomic E-state index is 1.04. The third-order valence-electron chi connectivity index (χ3n) is 2.20. The van der Waals surface area contributed by atoms with Crippen LogP contribution in [0, 0.1) is 0 Å². The minimum absolute atomic E-state index is 1.04. The van der Waals surface area contributed by atoms with Gasteiger partial charge in [-0.25, -0.2) is 0 Å². The molecular formula is C13H13NS. The van der Waals surface area contributed by atoms with E-state index >= 15 is 0 Å². The molecule has 0 bridgehead atoms. The van der Waals surface area contributed by atoms with Gasteiger partial charge in [0.15, 0.2) is 0 Å². The Labute approximate surface area is 94.6 Å². The lowest BCUT2D eigenvalue weighted by atomic mass is 10.1. The Hall–Kier alpha value is -1.28. The normalized spacial score (nSPS) is 10.2. The highest BCUT2D eigenvalue weighted by atomic mass is 32.2. The quantitative estimate of drug-likeness (QED) is 0.775. The van der Waals surface area contributed by atoms with E-state index in [0.717, 1.165) is 11.4 Å². The molecule has 0 radical (unpaired) electrons. The first kappa shape index (κ1) is 10.2. The van der Waals surface area contributed by atoms with Gasteiger partial charge in [-0.15, -0.1) is 0 Å². The molecule has 0 N–H and O–H groups in total. The van der Waals surface area contributed by atoms with Crippen molar-refractivity contribution < 1.29 is 0 Å². The average molecular weight is 215 g/mol. The molecule has 2 rings (SSSR count). The molecule has 0 saturated carbocycles. The van der Waals surface area contributed by atoms with E-state index in [1.165, 1.54) is 11.1 Å². The van der Waals surface area contributed by atoms with Crippen molar-refractivity contribution in [3.05, 3.63) is 54.2 Å². The van der Waals surface area contributed by atoms with Gasteiger partial charge in [0.1, 0.15) is 0 Å². The molecule has 76 valence electrons. The smallest absolute Gasteiger partial charge is 0.0702 e. The van der Waals surface area contributed by atoms with Crippen LogP contribution in [0.25, 0.3) is 11.3 Å². The highest BCUT2D eigenvalue weighted by Gasteiger charge is 1.98. The van der Waals surface area contributed by atoms with Crippen molar-refractivity contribution in [3.63, 3.8) is 0 Å². The zero-order valence-electron chi connectivity index (χ0n) is 8.68. The van der Waals surface area contributed by atoms with Crippen LogP contribution in [0.2, 0.25) is 0 Å². The average Bonchev–Trinajstić information content (AvgIpc) is 2.31. The predicted molar refractivity (Wildman–Crippen MR) is 66.9 cm³/mol. The molecular weight excluding hydrogens is 202 g/mol. The van der Waals surface area contributed by atoms with Crippen LogP contribution in [0.4, 0.5) is 0 Å². The maximum Gasteiger partial charge on any atom is 0.0702 e. The van der Waals surface area contributed by atoms with Gasteiger partial charge in [0.2, 0.25) is 0 Å². The summed E-state index contributed by atoms with van der Waals surface area (Å²) in [6.45, 7) is 0. The van der Waals surface area contributed by atoms with Gasteiger partial charge in [0.05, 0.1) is 5.69 Å². The monoisotopic (exact) mass is 215 g/mol. The second-order valence-electron chi connectivity index (χ2n) is 3.35. The van der Waals surface area contributed by atoms with E-state index in [0.29, 0.717) is 0 Å². The lowest BCUT2D eigenvalue weighted by Gasteiger charge is -2.03. The van der Waals surface area contributed by atoms with Crippen molar-refractivity contribution in [3.8, 4) is 11.3 Å². The summed E-state index contributed by atoms with van der Waals surface area (Å²) in [4.78, 5) is 4.34. The van der Waals surface area contributed by atoms with Crippen molar-refractivity contribution >= 4 is 11.8 Å². The summed E-state index contributed by atoms with van der Waals surface area (Å²) >= 11 is 1.84. The summed E-state index contributed by atoms with van der Waals surface area (Å²) in [5.74, 6) is 1.06. The maximum absolute atomic E-state index is 4.34. The Morgan fingerprint density at radius 2 is 2.07 bits per heavy atom. The zero-order valence-corrected chi connectivity index (χ0v) is 9.50. The van der Waals surface area contributed by atoms with E-state index in [-0.39, 0.29) is 0 Å². The van der Waals surface area contributed by atoms with Crippen LogP contribution in [-0.4, -0.2) is 11.2 Å². The fraction of sp³-hybridized carbons (Fsp3) is 0.154. The molecule has 0 spiro atoms. The Morgan fingerprint density at radius 1 is 1.13 bits per heavy atom. The summed E-state index contributed by atoms with van der Waals surface area (Å²) in [6.07, 6.45) is 3.95. The lowest BCUT2D eigenvalue weighted by molar-refractivity contribution is 1.31. The highest BCUT2D eigenvalue weighted by Crippen LogP contribution is 2.19. The number of benzene rings is 1. The van der Waals surface area contributed by atoms with Gasteiger partial charge >= 0.3 is 0 Å². The minimum Gasteiger partial charge on any atom is -0.256 e. The molecule has 0 atom stereocenters. The number of hydrogen-bond acceptors (Lipinski definition) is 2. The van der Waals surface area contributed by atoms with Crippen molar-refractivity contribution in [2.45, 2.75) is 5.75 Å². The SMILES string of the molecule is CSCc1cccc(-c2ccccn2)c1. The third kappa shape index (κ3) is 2.60. The van der Waals surface area contributed by atoms with E-state index in [1.54, 1.807) is 0 Å². The largest absolute Gasteiger partial charge is 0.256 e. The summed E-state index contributed by atoms with van der Waals surface area (Å²) in [5.41, 5.74) is 3.59. The number of aromatic nitrogens is 1. The molecule has 2 aromatic rings. The van der Waals surface area contributed by atoms with Gasteiger partial charge < -0.3 is 0 Å². The summed E-state index contributed by atoms with van der Waals surface area (Å²) in [5, 5.41) is 0. The molecule has 0 saturated heterocycles. The molecule has 0 aliphatic heterocycles. The van der Waals surface area contributed by atoms with E-state index in [2.05, 4.69) is 35.5 Å². The first-order valence-electron chi connectivity index (χ1n) is 4.89. The van der Waals surface area contributed by atoms with Gasteiger partial charge in [-0.05, 0) is 30.0 Å². The third-order valence-corrected chi connectivity index (χ3v) is 2.82. The van der Waals surface area contributed by atoms with Crippen molar-refractivity contribution in [2.24, 2.45) is 0 Å². The number of thioether (sulfide) groups is 1. The molecule has 0 aliphatic carbocycles. The van der Waals surface area contributed by atoms with Crippen LogP contribution in [0.1, 0.15) is 5.56 Å². The molecule has 0 fully saturated rings. The summed E-state index contributed by atoms with van der Waals surface area (Å²) in [7, 11) is 0. The van der Waals surface area contributed by atoms with Crippen LogP contribution in [0.15, 0.2) is 48.7 Å². The van der Waals surface area contributed by atoms with E-state index in [4.69, 9.17) is 0 Å². The second-order valence-corrected chi connectivity index (χ2v) is 4.21. The first-order chi connectivity index (χ1) is 7.40. The van der Waals surface area contributed by atoms with E-state index in [9.17, 15) is 0 Å². The lowest BCUT2D eigenvalue weighted by Crippen LogP contribution is -1.84.